The lowest BCUT2D eigenvalue weighted by Gasteiger charge is -2.28. The molecule has 57 heavy (non-hydrogen) atoms. The summed E-state index contributed by atoms with van der Waals surface area (Å²) < 4.78 is 23.6. The van der Waals surface area contributed by atoms with Gasteiger partial charge < -0.3 is 54.8 Å². The van der Waals surface area contributed by atoms with Crippen molar-refractivity contribution < 1.29 is 49.0 Å². The second-order valence-corrected chi connectivity index (χ2v) is 14.4. The number of oxime groups is 1. The molecule has 0 saturated heterocycles. The lowest BCUT2D eigenvalue weighted by atomic mass is 9.93. The fourth-order valence-corrected chi connectivity index (χ4v) is 7.29. The number of methoxy groups -OCH3 is 2. The largest absolute Gasteiger partial charge is 0.493 e. The molecule has 0 aromatic heterocycles. The van der Waals surface area contributed by atoms with Gasteiger partial charge in [-0.2, -0.15) is 0 Å². The average molecular weight is 804 g/mol. The van der Waals surface area contributed by atoms with Crippen molar-refractivity contribution in [3.63, 3.8) is 0 Å². The number of anilines is 1. The van der Waals surface area contributed by atoms with E-state index < -0.39 is 12.3 Å². The van der Waals surface area contributed by atoms with E-state index in [1.165, 1.54) is 0 Å². The van der Waals surface area contributed by atoms with Crippen molar-refractivity contribution in [2.24, 2.45) is 5.16 Å². The Morgan fingerprint density at radius 2 is 1.35 bits per heavy atom. The fourth-order valence-electron chi connectivity index (χ4n) is 7.12. The molecule has 0 radical (unpaired) electrons. The number of halogens is 1. The molecule has 4 aromatic carbocycles. The van der Waals surface area contributed by atoms with Gasteiger partial charge in [0.05, 0.1) is 65.1 Å². The molecule has 0 saturated carbocycles. The van der Waals surface area contributed by atoms with E-state index >= 15 is 0 Å². The molecule has 2 unspecified atom stereocenters. The first-order valence-corrected chi connectivity index (χ1v) is 19.5. The highest BCUT2D eigenvalue weighted by Gasteiger charge is 2.28. The van der Waals surface area contributed by atoms with E-state index in [2.05, 4.69) is 15.8 Å². The minimum absolute atomic E-state index is 0.186. The molecule has 2 atom stereocenters. The highest BCUT2D eigenvalue weighted by atomic mass is 35.5. The molecule has 2 aliphatic rings. The molecule has 0 bridgehead atoms. The number of nitrogens with one attached hydrogen (secondary N) is 2. The van der Waals surface area contributed by atoms with Crippen LogP contribution in [0.2, 0.25) is 5.02 Å². The van der Waals surface area contributed by atoms with Gasteiger partial charge in [-0.15, -0.1) is 0 Å². The normalized spacial score (nSPS) is 15.9. The Morgan fingerprint density at radius 3 is 1.98 bits per heavy atom. The van der Waals surface area contributed by atoms with Crippen LogP contribution in [-0.4, -0.2) is 59.5 Å². The number of unbranched alkanes of at least 4 members (excludes halogenated alkanes) is 5. The molecule has 0 fully saturated rings. The smallest absolute Gasteiger partial charge is 0.255 e. The van der Waals surface area contributed by atoms with Gasteiger partial charge in [0.15, 0.2) is 17.6 Å². The predicted molar refractivity (Wildman–Crippen MR) is 215 cm³/mol. The lowest BCUT2D eigenvalue weighted by Crippen LogP contribution is -2.38. The number of carbonyl (C=O) groups excluding carboxylic acids is 1. The highest BCUT2D eigenvalue weighted by Crippen LogP contribution is 2.41. The summed E-state index contributed by atoms with van der Waals surface area (Å²) in [6, 6.07) is 17.9. The van der Waals surface area contributed by atoms with Gasteiger partial charge in [-0.1, -0.05) is 48.5 Å². The third-order valence-electron chi connectivity index (χ3n) is 10.2. The van der Waals surface area contributed by atoms with Gasteiger partial charge in [-0.3, -0.25) is 4.79 Å². The van der Waals surface area contributed by atoms with Crippen molar-refractivity contribution in [2.45, 2.75) is 83.6 Å². The van der Waals surface area contributed by atoms with Gasteiger partial charge in [0, 0.05) is 28.3 Å². The second kappa shape index (κ2) is 19.9. The lowest BCUT2D eigenvalue weighted by molar-refractivity contribution is 0.0853. The van der Waals surface area contributed by atoms with E-state index in [0.717, 1.165) is 55.2 Å². The molecule has 2 heterocycles. The summed E-state index contributed by atoms with van der Waals surface area (Å²) in [5.41, 5.74) is 6.42. The van der Waals surface area contributed by atoms with E-state index in [4.69, 9.17) is 35.4 Å². The third kappa shape index (κ3) is 9.92. The summed E-state index contributed by atoms with van der Waals surface area (Å²) in [6.07, 6.45) is 5.40. The van der Waals surface area contributed by atoms with E-state index in [-0.39, 0.29) is 32.3 Å². The quantitative estimate of drug-likeness (QED) is 0.0515. The Morgan fingerprint density at radius 1 is 0.719 bits per heavy atom. The maximum atomic E-state index is 12.7. The van der Waals surface area contributed by atoms with Crippen LogP contribution in [0.5, 0.6) is 23.0 Å². The first-order valence-electron chi connectivity index (χ1n) is 19.1. The summed E-state index contributed by atoms with van der Waals surface area (Å²) in [7, 11) is 3.15. The van der Waals surface area contributed by atoms with Crippen LogP contribution in [0.4, 0.5) is 5.69 Å². The zero-order chi connectivity index (χ0) is 40.3. The third-order valence-corrected chi connectivity index (χ3v) is 10.5. The number of amides is 1. The Hall–Kier alpha value is -5.05. The van der Waals surface area contributed by atoms with Crippen LogP contribution in [0.25, 0.3) is 0 Å². The van der Waals surface area contributed by atoms with Gasteiger partial charge in [0.1, 0.15) is 11.9 Å². The Labute approximate surface area is 337 Å². The van der Waals surface area contributed by atoms with Crippen molar-refractivity contribution in [3.8, 4) is 23.0 Å². The van der Waals surface area contributed by atoms with E-state index in [9.17, 15) is 25.2 Å². The van der Waals surface area contributed by atoms with Crippen molar-refractivity contribution in [3.05, 3.63) is 110 Å². The predicted octanol–water partition coefficient (Wildman–Crippen LogP) is 6.84. The maximum Gasteiger partial charge on any atom is 0.255 e. The molecule has 4 aromatic rings. The topological polar surface area (TPSA) is 181 Å². The van der Waals surface area contributed by atoms with Gasteiger partial charge in [-0.25, -0.2) is 0 Å². The Bertz CT molecular complexity index is 2010. The number of aliphatic hydroxyl groups is 4. The number of hydrogen-bond donors (Lipinski definition) is 6. The van der Waals surface area contributed by atoms with Crippen molar-refractivity contribution in [2.75, 3.05) is 32.8 Å². The molecule has 14 heteroatoms. The zero-order valence-electron chi connectivity index (χ0n) is 32.2. The SMILES string of the molecule is COc1cc(C2=NOC(c3cc(CO)c(CO)c(CO)c3)C2)cc(OC)c1OCCCCCCCCOc1ccc(C2NC(=O)c3cc(Cl)ccc3N2)cc1CO. The Balaban J connectivity index is 0.919. The van der Waals surface area contributed by atoms with E-state index in [1.54, 1.807) is 44.6 Å². The van der Waals surface area contributed by atoms with Gasteiger partial charge in [0.25, 0.3) is 5.91 Å². The number of ether oxygens (including phenoxy) is 4. The molecular weight excluding hydrogens is 754 g/mol. The van der Waals surface area contributed by atoms with Crippen LogP contribution in [0, 0.1) is 0 Å². The molecular formula is C43H50ClN3O10. The number of carbonyl (C=O) groups is 1. The van der Waals surface area contributed by atoms with Crippen LogP contribution in [0.15, 0.2) is 65.8 Å². The molecule has 13 nitrogen and oxygen atoms in total. The number of rotatable bonds is 20. The van der Waals surface area contributed by atoms with Gasteiger partial charge in [0.2, 0.25) is 5.75 Å². The molecule has 0 aliphatic carbocycles. The average Bonchev–Trinajstić information content (AvgIpc) is 3.74. The minimum atomic E-state index is -0.447. The van der Waals surface area contributed by atoms with Crippen LogP contribution in [0.1, 0.15) is 107 Å². The van der Waals surface area contributed by atoms with Crippen LogP contribution in [0.3, 0.4) is 0 Å². The summed E-state index contributed by atoms with van der Waals surface area (Å²) in [5, 5.41) is 50.5. The van der Waals surface area contributed by atoms with Gasteiger partial charge >= 0.3 is 0 Å². The van der Waals surface area contributed by atoms with Crippen LogP contribution in [-0.2, 0) is 31.3 Å². The maximum absolute atomic E-state index is 12.7. The fraction of sp³-hybridized carbons (Fsp3) is 0.395. The Kier molecular flexibility index (Phi) is 14.5. The molecule has 6 rings (SSSR count). The molecule has 2 aliphatic heterocycles. The van der Waals surface area contributed by atoms with E-state index in [0.29, 0.717) is 86.9 Å². The minimum Gasteiger partial charge on any atom is -0.493 e. The zero-order valence-corrected chi connectivity index (χ0v) is 32.9. The van der Waals surface area contributed by atoms with Gasteiger partial charge in [-0.05, 0) is 95.3 Å². The standard InChI is InChI=1S/C43H50ClN3O10/c1-53-39-18-27(36-21-38(57-47-36)28-16-29(22-48)34(25-51)30(17-28)23-49)19-40(54-2)41(39)56-14-8-6-4-3-5-7-13-55-37-12-9-26(15-31(37)24-50)42-45-35-11-10-32(44)20-33(35)43(52)46-42/h9-12,15-20,38,42,45,48-51H,3-8,13-14,21-25H2,1-2H3,(H,46,52). The first-order chi connectivity index (χ1) is 27.8. The molecule has 304 valence electrons. The summed E-state index contributed by atoms with van der Waals surface area (Å²) in [4.78, 5) is 18.4. The van der Waals surface area contributed by atoms with Crippen molar-refractivity contribution in [1.29, 1.82) is 0 Å². The number of fused-ring (bicyclic) bond motifs is 1. The highest BCUT2D eigenvalue weighted by molar-refractivity contribution is 6.31. The van der Waals surface area contributed by atoms with Crippen LogP contribution >= 0.6 is 11.6 Å². The van der Waals surface area contributed by atoms with Crippen molar-refractivity contribution in [1.82, 2.24) is 5.32 Å². The summed E-state index contributed by atoms with van der Waals surface area (Å²) >= 11 is 6.05. The monoisotopic (exact) mass is 803 g/mol. The van der Waals surface area contributed by atoms with Crippen molar-refractivity contribution >= 4 is 28.9 Å². The number of benzene rings is 4. The summed E-state index contributed by atoms with van der Waals surface area (Å²) in [6.45, 7) is 0.00874. The number of hydrogen-bond acceptors (Lipinski definition) is 12. The molecule has 0 spiro atoms. The molecule has 6 N–H and O–H groups in total. The number of aliphatic hydroxyl groups excluding tert-OH is 4. The van der Waals surface area contributed by atoms with Crippen LogP contribution < -0.4 is 29.6 Å². The number of nitrogens with zero attached hydrogens (tertiary/aromatic N) is 1. The summed E-state index contributed by atoms with van der Waals surface area (Å²) in [5.74, 6) is 1.95. The van der Waals surface area contributed by atoms with E-state index in [1.807, 2.05) is 30.3 Å². The molecule has 1 amide bonds. The second-order valence-electron chi connectivity index (χ2n) is 13.9. The first kappa shape index (κ1) is 41.6.